The first-order chi connectivity index (χ1) is 44.4. The Balaban J connectivity index is 5.18. The van der Waals surface area contributed by atoms with Gasteiger partial charge in [0.1, 0.15) is 19.3 Å². The van der Waals surface area contributed by atoms with Crippen LogP contribution in [0.25, 0.3) is 0 Å². The molecule has 3 unspecified atom stereocenters. The van der Waals surface area contributed by atoms with Crippen molar-refractivity contribution in [1.82, 2.24) is 0 Å². The van der Waals surface area contributed by atoms with E-state index in [1.54, 1.807) is 0 Å². The Bertz CT molecular complexity index is 1790. The molecule has 546 valence electrons. The third kappa shape index (κ3) is 65.4. The van der Waals surface area contributed by atoms with Gasteiger partial charge in [0.25, 0.3) is 0 Å². The van der Waals surface area contributed by atoms with Gasteiger partial charge >= 0.3 is 39.5 Å². The number of hydrogen-bond acceptors (Lipinski definition) is 15. The summed E-state index contributed by atoms with van der Waals surface area (Å²) in [7, 11) is -9.90. The lowest BCUT2D eigenvalue weighted by molar-refractivity contribution is -0.161. The molecule has 0 saturated heterocycles. The minimum Gasteiger partial charge on any atom is -0.462 e. The van der Waals surface area contributed by atoms with Crippen LogP contribution < -0.4 is 0 Å². The van der Waals surface area contributed by atoms with Crippen molar-refractivity contribution in [1.29, 1.82) is 0 Å². The standard InChI is InChI=1S/C73H142O17P2/c1-7-10-12-14-16-18-19-20-21-22-23-24-25-26-27-28-34-38-45-51-57-72(77)89-68(61-84-71(76)56-50-44-37-33-30-29-32-35-42-48-54-66(6)9-3)63-87-91(79,80)85-59-67(74)60-86-92(81,82)88-64-69(90-73(78)58-52-46-40-39-41-47-53-65(4)5)62-83-70(75)55-49-43-36-31-17-15-13-11-8-2/h65-69,74H,7-64H2,1-6H3,(H,79,80)(H,81,82)/t66?,67-,68-,69-/m1/s1. The van der Waals surface area contributed by atoms with Crippen LogP contribution >= 0.6 is 15.6 Å². The van der Waals surface area contributed by atoms with Gasteiger partial charge in [0.15, 0.2) is 12.2 Å². The van der Waals surface area contributed by atoms with Gasteiger partial charge in [-0.05, 0) is 37.5 Å². The molecule has 0 aliphatic rings. The van der Waals surface area contributed by atoms with Crippen molar-refractivity contribution in [2.45, 2.75) is 394 Å². The van der Waals surface area contributed by atoms with Gasteiger partial charge in [0, 0.05) is 25.7 Å². The number of unbranched alkanes of at least 4 members (excludes halogenated alkanes) is 41. The molecule has 0 heterocycles. The molecule has 3 N–H and O–H groups in total. The molecule has 0 fully saturated rings. The van der Waals surface area contributed by atoms with Gasteiger partial charge in [0.05, 0.1) is 26.4 Å². The molecular weight excluding hydrogens is 1210 g/mol. The van der Waals surface area contributed by atoms with E-state index >= 15 is 0 Å². The van der Waals surface area contributed by atoms with Crippen LogP contribution in [0.15, 0.2) is 0 Å². The second-order valence-corrected chi connectivity index (χ2v) is 30.0. The second kappa shape index (κ2) is 65.0. The number of hydrogen-bond donors (Lipinski definition) is 3. The highest BCUT2D eigenvalue weighted by atomic mass is 31.2. The Kier molecular flexibility index (Phi) is 63.7. The third-order valence-electron chi connectivity index (χ3n) is 17.3. The van der Waals surface area contributed by atoms with Gasteiger partial charge in [-0.2, -0.15) is 0 Å². The van der Waals surface area contributed by atoms with Crippen LogP contribution in [-0.4, -0.2) is 96.7 Å². The number of aliphatic hydroxyl groups excluding tert-OH is 1. The SMILES string of the molecule is CCCCCCCCCCCCCCCCCCCCCCC(=O)O[C@H](COC(=O)CCCCCCCCCCCCC(C)CC)COP(=O)(O)OC[C@@H](O)COP(=O)(O)OC[C@@H](COC(=O)CCCCCCCCCCC)OC(=O)CCCCCCCCC(C)C. The maximum atomic E-state index is 13.1. The summed E-state index contributed by atoms with van der Waals surface area (Å²) in [6.45, 7) is 9.49. The molecule has 0 rings (SSSR count). The zero-order chi connectivity index (χ0) is 67.9. The second-order valence-electron chi connectivity index (χ2n) is 27.1. The lowest BCUT2D eigenvalue weighted by Crippen LogP contribution is -2.30. The Labute approximate surface area is 562 Å². The summed E-state index contributed by atoms with van der Waals surface area (Å²) in [4.78, 5) is 72.5. The quantitative estimate of drug-likeness (QED) is 0.0222. The molecule has 0 amide bonds. The molecule has 0 aromatic heterocycles. The summed E-state index contributed by atoms with van der Waals surface area (Å²) in [5.41, 5.74) is 0. The van der Waals surface area contributed by atoms with Crippen molar-refractivity contribution < 1.29 is 80.2 Å². The average molecular weight is 1350 g/mol. The van der Waals surface area contributed by atoms with Crippen LogP contribution in [-0.2, 0) is 65.4 Å². The Hall–Kier alpha value is -1.94. The van der Waals surface area contributed by atoms with E-state index in [0.717, 1.165) is 95.8 Å². The maximum Gasteiger partial charge on any atom is 0.472 e. The van der Waals surface area contributed by atoms with Crippen molar-refractivity contribution in [2.24, 2.45) is 11.8 Å². The van der Waals surface area contributed by atoms with E-state index in [1.807, 2.05) is 0 Å². The lowest BCUT2D eigenvalue weighted by Gasteiger charge is -2.21. The predicted octanol–water partition coefficient (Wildman–Crippen LogP) is 21.2. The van der Waals surface area contributed by atoms with Crippen LogP contribution in [0.5, 0.6) is 0 Å². The molecular formula is C73H142O17P2. The average Bonchev–Trinajstić information content (AvgIpc) is 1.61. The molecule has 6 atom stereocenters. The molecule has 0 aliphatic carbocycles. The summed E-state index contributed by atoms with van der Waals surface area (Å²) in [6, 6.07) is 0. The van der Waals surface area contributed by atoms with Crippen LogP contribution in [0.2, 0.25) is 0 Å². The van der Waals surface area contributed by atoms with E-state index in [4.69, 9.17) is 37.0 Å². The number of phosphoric ester groups is 2. The van der Waals surface area contributed by atoms with E-state index in [9.17, 15) is 43.2 Å². The molecule has 0 radical (unpaired) electrons. The molecule has 17 nitrogen and oxygen atoms in total. The Morgan fingerprint density at radius 2 is 0.554 bits per heavy atom. The van der Waals surface area contributed by atoms with E-state index in [1.165, 1.54) is 193 Å². The molecule has 0 aromatic carbocycles. The van der Waals surface area contributed by atoms with Gasteiger partial charge in [-0.1, -0.05) is 324 Å². The fraction of sp³-hybridized carbons (Fsp3) is 0.945. The van der Waals surface area contributed by atoms with Crippen LogP contribution in [0.4, 0.5) is 0 Å². The number of phosphoric acid groups is 2. The van der Waals surface area contributed by atoms with Crippen molar-refractivity contribution >= 4 is 39.5 Å². The highest BCUT2D eigenvalue weighted by Crippen LogP contribution is 2.45. The van der Waals surface area contributed by atoms with E-state index in [-0.39, 0.29) is 25.7 Å². The molecule has 19 heteroatoms. The number of aliphatic hydroxyl groups is 1. The smallest absolute Gasteiger partial charge is 0.462 e. The number of carbonyl (C=O) groups is 4. The topological polar surface area (TPSA) is 237 Å². The Morgan fingerprint density at radius 3 is 0.826 bits per heavy atom. The first-order valence-electron chi connectivity index (χ1n) is 38.0. The first-order valence-corrected chi connectivity index (χ1v) is 41.0. The highest BCUT2D eigenvalue weighted by molar-refractivity contribution is 7.47. The minimum absolute atomic E-state index is 0.102. The first kappa shape index (κ1) is 90.1. The van der Waals surface area contributed by atoms with Gasteiger partial charge in [-0.25, -0.2) is 9.13 Å². The largest absolute Gasteiger partial charge is 0.472 e. The highest BCUT2D eigenvalue weighted by Gasteiger charge is 2.30. The van der Waals surface area contributed by atoms with Crippen molar-refractivity contribution in [2.75, 3.05) is 39.6 Å². The number of rotatable bonds is 72. The molecule has 0 aromatic rings. The van der Waals surface area contributed by atoms with Crippen molar-refractivity contribution in [3.63, 3.8) is 0 Å². The number of carbonyl (C=O) groups excluding carboxylic acids is 4. The monoisotopic (exact) mass is 1350 g/mol. The van der Waals surface area contributed by atoms with E-state index in [0.29, 0.717) is 31.6 Å². The fourth-order valence-corrected chi connectivity index (χ4v) is 12.7. The predicted molar refractivity (Wildman–Crippen MR) is 372 cm³/mol. The van der Waals surface area contributed by atoms with Crippen LogP contribution in [0, 0.1) is 11.8 Å². The molecule has 0 aliphatic heterocycles. The summed E-state index contributed by atoms with van der Waals surface area (Å²) in [5.74, 6) is -0.647. The molecule has 0 bridgehead atoms. The van der Waals surface area contributed by atoms with Gasteiger partial charge in [0.2, 0.25) is 0 Å². The van der Waals surface area contributed by atoms with Crippen molar-refractivity contribution in [3.8, 4) is 0 Å². The van der Waals surface area contributed by atoms with Crippen LogP contribution in [0.3, 0.4) is 0 Å². The van der Waals surface area contributed by atoms with E-state index in [2.05, 4.69) is 41.5 Å². The maximum absolute atomic E-state index is 13.1. The zero-order valence-electron chi connectivity index (χ0n) is 59.9. The summed E-state index contributed by atoms with van der Waals surface area (Å²) < 4.78 is 68.3. The number of esters is 4. The summed E-state index contributed by atoms with van der Waals surface area (Å²) in [6.07, 6.45) is 51.6. The normalized spacial score (nSPS) is 14.4. The van der Waals surface area contributed by atoms with Gasteiger partial charge in [-0.15, -0.1) is 0 Å². The van der Waals surface area contributed by atoms with Crippen LogP contribution in [0.1, 0.15) is 375 Å². The fourth-order valence-electron chi connectivity index (χ4n) is 11.1. The Morgan fingerprint density at radius 1 is 0.315 bits per heavy atom. The zero-order valence-corrected chi connectivity index (χ0v) is 61.6. The number of ether oxygens (including phenoxy) is 4. The summed E-state index contributed by atoms with van der Waals surface area (Å²) >= 11 is 0. The minimum atomic E-state index is -4.95. The van der Waals surface area contributed by atoms with Crippen molar-refractivity contribution in [3.05, 3.63) is 0 Å². The molecule has 0 saturated carbocycles. The van der Waals surface area contributed by atoms with Gasteiger partial charge in [-0.3, -0.25) is 37.3 Å². The molecule has 0 spiro atoms. The molecule has 92 heavy (non-hydrogen) atoms. The van der Waals surface area contributed by atoms with Gasteiger partial charge < -0.3 is 33.8 Å². The lowest BCUT2D eigenvalue weighted by atomic mass is 9.99. The van der Waals surface area contributed by atoms with E-state index < -0.39 is 97.5 Å². The third-order valence-corrected chi connectivity index (χ3v) is 19.2. The summed E-state index contributed by atoms with van der Waals surface area (Å²) in [5, 5.41) is 10.6.